The summed E-state index contributed by atoms with van der Waals surface area (Å²) in [5.41, 5.74) is 3.33. The highest BCUT2D eigenvalue weighted by molar-refractivity contribution is 6.30. The van der Waals surface area contributed by atoms with Gasteiger partial charge in [0.25, 0.3) is 5.91 Å². The molecule has 0 fully saturated rings. The zero-order valence-corrected chi connectivity index (χ0v) is 10.7. The van der Waals surface area contributed by atoms with Crippen molar-refractivity contribution in [2.45, 2.75) is 6.54 Å². The molecular weight excluding hydrogens is 266 g/mol. The molecule has 19 heavy (non-hydrogen) atoms. The van der Waals surface area contributed by atoms with E-state index in [9.17, 15) is 4.79 Å². The van der Waals surface area contributed by atoms with Crippen molar-refractivity contribution >= 4 is 23.5 Å². The Morgan fingerprint density at radius 2 is 2.05 bits per heavy atom. The molecule has 0 bridgehead atoms. The smallest absolute Gasteiger partial charge is 0.268 e. The van der Waals surface area contributed by atoms with E-state index in [0.29, 0.717) is 23.1 Å². The molecule has 6 nitrogen and oxygen atoms in total. The van der Waals surface area contributed by atoms with E-state index in [1.54, 1.807) is 0 Å². The van der Waals surface area contributed by atoms with E-state index in [1.165, 1.54) is 12.4 Å². The Hall–Kier alpha value is -2.18. The fourth-order valence-electron chi connectivity index (χ4n) is 1.45. The van der Waals surface area contributed by atoms with Crippen molar-refractivity contribution in [3.8, 4) is 0 Å². The fourth-order valence-corrected chi connectivity index (χ4v) is 1.66. The number of carbonyl (C=O) groups excluding carboxylic acids is 1. The first-order chi connectivity index (χ1) is 9.19. The monoisotopic (exact) mass is 277 g/mol. The van der Waals surface area contributed by atoms with Gasteiger partial charge in [0.15, 0.2) is 0 Å². The van der Waals surface area contributed by atoms with Gasteiger partial charge in [-0.05, 0) is 17.7 Å². The number of aromatic nitrogens is 2. The average Bonchev–Trinajstić information content (AvgIpc) is 2.45. The number of nitrogens with one attached hydrogen (secondary N) is 2. The minimum atomic E-state index is -0.429. The van der Waals surface area contributed by atoms with E-state index < -0.39 is 5.91 Å². The highest BCUT2D eigenvalue weighted by atomic mass is 35.5. The van der Waals surface area contributed by atoms with Gasteiger partial charge in [-0.15, -0.1) is 0 Å². The van der Waals surface area contributed by atoms with Crippen LogP contribution in [0.1, 0.15) is 15.9 Å². The number of anilines is 1. The molecule has 0 atom stereocenters. The van der Waals surface area contributed by atoms with Crippen molar-refractivity contribution in [2.24, 2.45) is 5.84 Å². The topological polar surface area (TPSA) is 92.9 Å². The van der Waals surface area contributed by atoms with E-state index in [1.807, 2.05) is 29.7 Å². The summed E-state index contributed by atoms with van der Waals surface area (Å²) in [5, 5.41) is 3.70. The third kappa shape index (κ3) is 3.64. The summed E-state index contributed by atoms with van der Waals surface area (Å²) in [6.07, 6.45) is 2.80. The molecule has 0 saturated carbocycles. The van der Waals surface area contributed by atoms with E-state index in [-0.39, 0.29) is 0 Å². The Morgan fingerprint density at radius 1 is 1.32 bits per heavy atom. The third-order valence-electron chi connectivity index (χ3n) is 2.38. The molecule has 1 aromatic carbocycles. The number of amides is 1. The summed E-state index contributed by atoms with van der Waals surface area (Å²) in [7, 11) is 0. The predicted octanol–water partition coefficient (Wildman–Crippen LogP) is 1.35. The molecular formula is C12H12ClN5O. The summed E-state index contributed by atoms with van der Waals surface area (Å²) in [6, 6.07) is 7.47. The zero-order chi connectivity index (χ0) is 13.7. The largest absolute Gasteiger partial charge is 0.350 e. The quantitative estimate of drug-likeness (QED) is 0.446. The molecule has 0 saturated heterocycles. The normalized spacial score (nSPS) is 10.0. The number of hydrogen-bond acceptors (Lipinski definition) is 5. The fraction of sp³-hybridized carbons (Fsp3) is 0.0833. The SMILES string of the molecule is NNC(=O)c1cnc(NCc2cccc(Cl)c2)nc1. The van der Waals surface area contributed by atoms with Gasteiger partial charge in [0.2, 0.25) is 5.95 Å². The van der Waals surface area contributed by atoms with Crippen molar-refractivity contribution in [1.29, 1.82) is 0 Å². The number of hydrogen-bond donors (Lipinski definition) is 3. The lowest BCUT2D eigenvalue weighted by Gasteiger charge is -2.05. The van der Waals surface area contributed by atoms with Crippen molar-refractivity contribution in [3.63, 3.8) is 0 Å². The van der Waals surface area contributed by atoms with Crippen molar-refractivity contribution in [1.82, 2.24) is 15.4 Å². The average molecular weight is 278 g/mol. The predicted molar refractivity (Wildman–Crippen MR) is 72.5 cm³/mol. The highest BCUT2D eigenvalue weighted by Crippen LogP contribution is 2.11. The molecule has 0 spiro atoms. The molecule has 7 heteroatoms. The number of nitrogen functional groups attached to an aromatic ring is 1. The van der Waals surface area contributed by atoms with Crippen LogP contribution in [0, 0.1) is 0 Å². The van der Waals surface area contributed by atoms with Gasteiger partial charge in [-0.25, -0.2) is 15.8 Å². The van der Waals surface area contributed by atoms with Crippen LogP contribution in [0.3, 0.4) is 0 Å². The lowest BCUT2D eigenvalue weighted by atomic mass is 10.2. The second kappa shape index (κ2) is 6.12. The maximum atomic E-state index is 11.2. The van der Waals surface area contributed by atoms with Crippen LogP contribution in [0.15, 0.2) is 36.7 Å². The van der Waals surface area contributed by atoms with Crippen LogP contribution in [0.2, 0.25) is 5.02 Å². The number of nitrogens with two attached hydrogens (primary N) is 1. The van der Waals surface area contributed by atoms with E-state index in [0.717, 1.165) is 5.56 Å². The summed E-state index contributed by atoms with van der Waals surface area (Å²) in [4.78, 5) is 19.2. The summed E-state index contributed by atoms with van der Waals surface area (Å²) >= 11 is 5.88. The van der Waals surface area contributed by atoms with Crippen LogP contribution >= 0.6 is 11.6 Å². The van der Waals surface area contributed by atoms with Gasteiger partial charge in [-0.1, -0.05) is 23.7 Å². The lowest BCUT2D eigenvalue weighted by Crippen LogP contribution is -2.30. The van der Waals surface area contributed by atoms with Crippen LogP contribution in [0.25, 0.3) is 0 Å². The van der Waals surface area contributed by atoms with Gasteiger partial charge in [-0.2, -0.15) is 0 Å². The molecule has 0 aliphatic heterocycles. The van der Waals surface area contributed by atoms with Crippen LogP contribution in [0.5, 0.6) is 0 Å². The maximum absolute atomic E-state index is 11.2. The molecule has 0 aliphatic rings. The zero-order valence-electron chi connectivity index (χ0n) is 9.93. The highest BCUT2D eigenvalue weighted by Gasteiger charge is 2.04. The number of hydrazine groups is 1. The molecule has 1 amide bonds. The first-order valence-corrected chi connectivity index (χ1v) is 5.88. The first kappa shape index (κ1) is 13.3. The molecule has 0 radical (unpaired) electrons. The number of benzene rings is 1. The minimum absolute atomic E-state index is 0.302. The standard InChI is InChI=1S/C12H12ClN5O/c13-10-3-1-2-8(4-10)5-15-12-16-6-9(7-17-12)11(19)18-14/h1-4,6-7H,5,14H2,(H,18,19)(H,15,16,17). The molecule has 1 heterocycles. The Morgan fingerprint density at radius 3 is 2.68 bits per heavy atom. The Labute approximate surface area is 115 Å². The Balaban J connectivity index is 1.98. The van der Waals surface area contributed by atoms with Crippen LogP contribution in [0.4, 0.5) is 5.95 Å². The van der Waals surface area contributed by atoms with Gasteiger partial charge in [0.1, 0.15) is 0 Å². The van der Waals surface area contributed by atoms with Gasteiger partial charge >= 0.3 is 0 Å². The van der Waals surface area contributed by atoms with Gasteiger partial charge in [0.05, 0.1) is 5.56 Å². The number of nitrogens with zero attached hydrogens (tertiary/aromatic N) is 2. The molecule has 0 unspecified atom stereocenters. The van der Waals surface area contributed by atoms with Crippen molar-refractivity contribution < 1.29 is 4.79 Å². The van der Waals surface area contributed by atoms with Crippen molar-refractivity contribution in [2.75, 3.05) is 5.32 Å². The lowest BCUT2D eigenvalue weighted by molar-refractivity contribution is 0.0953. The summed E-state index contributed by atoms with van der Waals surface area (Å²) < 4.78 is 0. The molecule has 2 rings (SSSR count). The van der Waals surface area contributed by atoms with Gasteiger partial charge < -0.3 is 5.32 Å². The second-order valence-corrected chi connectivity index (χ2v) is 4.19. The molecule has 4 N–H and O–H groups in total. The van der Waals surface area contributed by atoms with Crippen LogP contribution in [-0.4, -0.2) is 15.9 Å². The number of carbonyl (C=O) groups is 1. The van der Waals surface area contributed by atoms with E-state index in [2.05, 4.69) is 15.3 Å². The maximum Gasteiger partial charge on any atom is 0.268 e. The molecule has 0 aliphatic carbocycles. The Bertz CT molecular complexity index is 573. The molecule has 2 aromatic rings. The summed E-state index contributed by atoms with van der Waals surface area (Å²) in [6.45, 7) is 0.545. The molecule has 1 aromatic heterocycles. The van der Waals surface area contributed by atoms with Gasteiger partial charge in [-0.3, -0.25) is 10.2 Å². The first-order valence-electron chi connectivity index (χ1n) is 5.50. The third-order valence-corrected chi connectivity index (χ3v) is 2.62. The number of halogens is 1. The Kier molecular flexibility index (Phi) is 4.27. The van der Waals surface area contributed by atoms with E-state index >= 15 is 0 Å². The van der Waals surface area contributed by atoms with Crippen LogP contribution in [-0.2, 0) is 6.54 Å². The molecule has 98 valence electrons. The van der Waals surface area contributed by atoms with Gasteiger partial charge in [0, 0.05) is 24.0 Å². The minimum Gasteiger partial charge on any atom is -0.350 e. The van der Waals surface area contributed by atoms with Crippen molar-refractivity contribution in [3.05, 3.63) is 52.8 Å². The second-order valence-electron chi connectivity index (χ2n) is 3.75. The van der Waals surface area contributed by atoms with E-state index in [4.69, 9.17) is 17.4 Å². The summed E-state index contributed by atoms with van der Waals surface area (Å²) in [5.74, 6) is 5.00. The number of rotatable bonds is 4. The van der Waals surface area contributed by atoms with Crippen LogP contribution < -0.4 is 16.6 Å².